The predicted octanol–water partition coefficient (Wildman–Crippen LogP) is 0.932. The lowest BCUT2D eigenvalue weighted by Crippen LogP contribution is -2.39. The third-order valence-corrected chi connectivity index (χ3v) is 1.58. The number of hydrogen-bond donors (Lipinski definition) is 2. The average Bonchev–Trinajstić information content (AvgIpc) is 2.02. The van der Waals surface area contributed by atoms with Crippen LogP contribution in [0.2, 0.25) is 0 Å². The summed E-state index contributed by atoms with van der Waals surface area (Å²) in [4.78, 5) is 21.2. The smallest absolute Gasteiger partial charge is 0.326 e. The van der Waals surface area contributed by atoms with Gasteiger partial charge in [-0.15, -0.1) is 6.58 Å². The summed E-state index contributed by atoms with van der Waals surface area (Å²) in [6, 6.07) is -0.766. The molecule has 0 radical (unpaired) electrons. The van der Waals surface area contributed by atoms with Gasteiger partial charge in [-0.1, -0.05) is 6.08 Å². The molecular weight excluding hydrogens is 170 g/mol. The molecule has 1 atom stereocenters. The maximum Gasteiger partial charge on any atom is 0.326 e. The van der Waals surface area contributed by atoms with Crippen molar-refractivity contribution in [1.82, 2.24) is 5.32 Å². The lowest BCUT2D eigenvalue weighted by Gasteiger charge is -2.11. The number of hydrogen-bond acceptors (Lipinski definition) is 2. The molecule has 13 heavy (non-hydrogen) atoms. The largest absolute Gasteiger partial charge is 0.480 e. The molecule has 0 aromatic carbocycles. The predicted molar refractivity (Wildman–Crippen MR) is 49.3 cm³/mol. The minimum absolute atomic E-state index is 0.314. The molecule has 4 nitrogen and oxygen atoms in total. The second-order valence-corrected chi connectivity index (χ2v) is 2.81. The first-order chi connectivity index (χ1) is 6.07. The van der Waals surface area contributed by atoms with Crippen molar-refractivity contribution in [2.45, 2.75) is 32.2 Å². The van der Waals surface area contributed by atoms with Crippen molar-refractivity contribution in [2.75, 3.05) is 0 Å². The Morgan fingerprint density at radius 2 is 2.23 bits per heavy atom. The number of carbonyl (C=O) groups excluding carboxylic acids is 1. The van der Waals surface area contributed by atoms with E-state index in [1.54, 1.807) is 6.08 Å². The molecule has 0 spiro atoms. The van der Waals surface area contributed by atoms with Crippen LogP contribution in [0, 0.1) is 0 Å². The van der Waals surface area contributed by atoms with Crippen molar-refractivity contribution in [3.8, 4) is 0 Å². The van der Waals surface area contributed by atoms with Crippen LogP contribution in [-0.4, -0.2) is 23.0 Å². The molecule has 0 bridgehead atoms. The summed E-state index contributed by atoms with van der Waals surface area (Å²) >= 11 is 0. The molecule has 0 aromatic heterocycles. The van der Waals surface area contributed by atoms with Gasteiger partial charge in [-0.3, -0.25) is 4.79 Å². The summed E-state index contributed by atoms with van der Waals surface area (Å²) < 4.78 is 0. The van der Waals surface area contributed by atoms with Gasteiger partial charge in [0.05, 0.1) is 0 Å². The van der Waals surface area contributed by atoms with E-state index in [0.29, 0.717) is 6.42 Å². The van der Waals surface area contributed by atoms with Crippen LogP contribution in [-0.2, 0) is 9.59 Å². The van der Waals surface area contributed by atoms with Gasteiger partial charge in [0.15, 0.2) is 0 Å². The number of carboxylic acid groups (broad SMARTS) is 1. The van der Waals surface area contributed by atoms with Gasteiger partial charge in [0.2, 0.25) is 5.91 Å². The summed E-state index contributed by atoms with van der Waals surface area (Å²) in [5, 5.41) is 11.0. The third kappa shape index (κ3) is 5.90. The number of unbranched alkanes of at least 4 members (excludes halogenated alkanes) is 1. The first-order valence-electron chi connectivity index (χ1n) is 4.18. The lowest BCUT2D eigenvalue weighted by atomic mass is 10.1. The molecule has 2 N–H and O–H groups in total. The Hall–Kier alpha value is -1.32. The number of allylic oxidation sites excluding steroid dienone is 1. The van der Waals surface area contributed by atoms with Crippen LogP contribution >= 0.6 is 0 Å². The molecule has 1 amide bonds. The van der Waals surface area contributed by atoms with E-state index in [2.05, 4.69) is 11.9 Å². The van der Waals surface area contributed by atoms with Crippen LogP contribution in [0.25, 0.3) is 0 Å². The second kappa shape index (κ2) is 6.22. The highest BCUT2D eigenvalue weighted by molar-refractivity contribution is 5.81. The van der Waals surface area contributed by atoms with E-state index >= 15 is 0 Å². The van der Waals surface area contributed by atoms with Crippen molar-refractivity contribution < 1.29 is 14.7 Å². The number of carboxylic acids is 1. The summed E-state index contributed by atoms with van der Waals surface area (Å²) in [6.07, 6.45) is 3.66. The Morgan fingerprint density at radius 3 is 2.62 bits per heavy atom. The van der Waals surface area contributed by atoms with Gasteiger partial charge >= 0.3 is 5.97 Å². The zero-order chi connectivity index (χ0) is 10.3. The molecular formula is C9H15NO3. The zero-order valence-corrected chi connectivity index (χ0v) is 7.75. The fraction of sp³-hybridized carbons (Fsp3) is 0.556. The highest BCUT2D eigenvalue weighted by Gasteiger charge is 2.16. The van der Waals surface area contributed by atoms with E-state index < -0.39 is 12.0 Å². The first-order valence-corrected chi connectivity index (χ1v) is 4.18. The average molecular weight is 185 g/mol. The third-order valence-electron chi connectivity index (χ3n) is 1.58. The maximum absolute atomic E-state index is 10.6. The van der Waals surface area contributed by atoms with Gasteiger partial charge in [-0.25, -0.2) is 4.79 Å². The first kappa shape index (κ1) is 11.7. The SMILES string of the molecule is C=CCCCC(NC(C)=O)C(=O)O. The highest BCUT2D eigenvalue weighted by atomic mass is 16.4. The normalized spacial score (nSPS) is 11.8. The molecule has 0 saturated carbocycles. The van der Waals surface area contributed by atoms with E-state index in [1.807, 2.05) is 0 Å². The van der Waals surface area contributed by atoms with E-state index in [1.165, 1.54) is 6.92 Å². The minimum Gasteiger partial charge on any atom is -0.480 e. The molecule has 0 heterocycles. The molecule has 0 rings (SSSR count). The fourth-order valence-electron chi connectivity index (χ4n) is 0.969. The van der Waals surface area contributed by atoms with Gasteiger partial charge in [-0.05, 0) is 19.3 Å². The summed E-state index contributed by atoms with van der Waals surface area (Å²) in [6.45, 7) is 4.84. The van der Waals surface area contributed by atoms with Crippen LogP contribution in [0.4, 0.5) is 0 Å². The molecule has 74 valence electrons. The fourth-order valence-corrected chi connectivity index (χ4v) is 0.969. The highest BCUT2D eigenvalue weighted by Crippen LogP contribution is 2.01. The van der Waals surface area contributed by atoms with Gasteiger partial charge in [0.1, 0.15) is 6.04 Å². The van der Waals surface area contributed by atoms with E-state index in [9.17, 15) is 9.59 Å². The Bertz CT molecular complexity index is 201. The van der Waals surface area contributed by atoms with Gasteiger partial charge in [-0.2, -0.15) is 0 Å². The maximum atomic E-state index is 10.6. The van der Waals surface area contributed by atoms with E-state index in [4.69, 9.17) is 5.11 Å². The number of amides is 1. The van der Waals surface area contributed by atoms with Crippen LogP contribution < -0.4 is 5.32 Å². The Morgan fingerprint density at radius 1 is 1.62 bits per heavy atom. The number of carbonyl (C=O) groups is 2. The van der Waals surface area contributed by atoms with Crippen molar-refractivity contribution in [3.05, 3.63) is 12.7 Å². The molecule has 1 unspecified atom stereocenters. The van der Waals surface area contributed by atoms with Crippen LogP contribution in [0.5, 0.6) is 0 Å². The number of aliphatic carboxylic acids is 1. The Kier molecular flexibility index (Phi) is 5.59. The Balaban J connectivity index is 3.87. The quantitative estimate of drug-likeness (QED) is 0.478. The van der Waals surface area contributed by atoms with E-state index in [0.717, 1.165) is 12.8 Å². The molecule has 4 heteroatoms. The minimum atomic E-state index is -0.987. The summed E-state index contributed by atoms with van der Waals surface area (Å²) in [5.41, 5.74) is 0. The molecule has 0 aliphatic rings. The van der Waals surface area contributed by atoms with Crippen molar-refractivity contribution >= 4 is 11.9 Å². The molecule has 0 fully saturated rings. The van der Waals surface area contributed by atoms with Gasteiger partial charge < -0.3 is 10.4 Å². The molecule has 0 saturated heterocycles. The van der Waals surface area contributed by atoms with Crippen LogP contribution in [0.1, 0.15) is 26.2 Å². The summed E-state index contributed by atoms with van der Waals surface area (Å²) in [5.74, 6) is -1.30. The van der Waals surface area contributed by atoms with E-state index in [-0.39, 0.29) is 5.91 Å². The molecule has 0 aliphatic heterocycles. The van der Waals surface area contributed by atoms with Crippen molar-refractivity contribution in [3.63, 3.8) is 0 Å². The van der Waals surface area contributed by atoms with Crippen LogP contribution in [0.15, 0.2) is 12.7 Å². The number of nitrogens with one attached hydrogen (secondary N) is 1. The zero-order valence-electron chi connectivity index (χ0n) is 7.75. The second-order valence-electron chi connectivity index (χ2n) is 2.81. The molecule has 0 aliphatic carbocycles. The Labute approximate surface area is 77.6 Å². The standard InChI is InChI=1S/C9H15NO3/c1-3-4-5-6-8(9(12)13)10-7(2)11/h3,8H,1,4-6H2,2H3,(H,10,11)(H,12,13). The van der Waals surface area contributed by atoms with Crippen molar-refractivity contribution in [1.29, 1.82) is 0 Å². The van der Waals surface area contributed by atoms with Gasteiger partial charge in [0, 0.05) is 6.92 Å². The monoisotopic (exact) mass is 185 g/mol. The molecule has 0 aromatic rings. The topological polar surface area (TPSA) is 66.4 Å². The van der Waals surface area contributed by atoms with Crippen LogP contribution in [0.3, 0.4) is 0 Å². The van der Waals surface area contributed by atoms with Crippen molar-refractivity contribution in [2.24, 2.45) is 0 Å². The van der Waals surface area contributed by atoms with Gasteiger partial charge in [0.25, 0.3) is 0 Å². The lowest BCUT2D eigenvalue weighted by molar-refractivity contribution is -0.141. The summed E-state index contributed by atoms with van der Waals surface area (Å²) in [7, 11) is 0. The number of rotatable bonds is 6.